The maximum absolute atomic E-state index is 12.6. The van der Waals surface area contributed by atoms with Crippen molar-refractivity contribution in [2.75, 3.05) is 52.5 Å². The van der Waals surface area contributed by atoms with E-state index in [0.29, 0.717) is 12.5 Å². The van der Waals surface area contributed by atoms with Gasteiger partial charge < -0.3 is 9.64 Å². The maximum atomic E-state index is 12.6. The number of rotatable bonds is 5. The summed E-state index contributed by atoms with van der Waals surface area (Å²) in [4.78, 5) is 19.4. The molecule has 0 aromatic heterocycles. The highest BCUT2D eigenvalue weighted by Crippen LogP contribution is 2.14. The molecule has 6 heteroatoms. The zero-order valence-electron chi connectivity index (χ0n) is 15.0. The first-order valence-electron chi connectivity index (χ1n) is 9.18. The third-order valence-electron chi connectivity index (χ3n) is 5.18. The largest absolute Gasteiger partial charge is 0.379 e. The van der Waals surface area contributed by atoms with Gasteiger partial charge in [0.2, 0.25) is 5.91 Å². The van der Waals surface area contributed by atoms with Crippen LogP contribution in [0.1, 0.15) is 18.9 Å². The average Bonchev–Trinajstić information content (AvgIpc) is 2.65. The van der Waals surface area contributed by atoms with Crippen molar-refractivity contribution in [2.24, 2.45) is 0 Å². The summed E-state index contributed by atoms with van der Waals surface area (Å²) in [6.07, 6.45) is 0.608. The summed E-state index contributed by atoms with van der Waals surface area (Å²) < 4.78 is 5.39. The molecule has 0 aliphatic carbocycles. The third-order valence-corrected chi connectivity index (χ3v) is 5.44. The van der Waals surface area contributed by atoms with Crippen LogP contribution in [0.4, 0.5) is 0 Å². The van der Waals surface area contributed by atoms with E-state index in [0.717, 1.165) is 64.0 Å². The Bertz CT molecular complexity index is 552. The van der Waals surface area contributed by atoms with E-state index in [1.807, 2.05) is 17.0 Å². The van der Waals surface area contributed by atoms with Crippen LogP contribution in [0.5, 0.6) is 0 Å². The van der Waals surface area contributed by atoms with Crippen molar-refractivity contribution in [2.45, 2.75) is 25.9 Å². The molecule has 1 aromatic rings. The number of carbonyl (C=O) groups is 1. The molecule has 2 aliphatic rings. The first-order chi connectivity index (χ1) is 12.1. The Balaban J connectivity index is 1.41. The molecule has 1 atom stereocenters. The van der Waals surface area contributed by atoms with Crippen LogP contribution in [0.2, 0.25) is 5.02 Å². The molecule has 0 bridgehead atoms. The van der Waals surface area contributed by atoms with E-state index in [4.69, 9.17) is 16.3 Å². The van der Waals surface area contributed by atoms with Crippen molar-refractivity contribution in [1.29, 1.82) is 0 Å². The molecule has 25 heavy (non-hydrogen) atoms. The minimum Gasteiger partial charge on any atom is -0.379 e. The highest BCUT2D eigenvalue weighted by molar-refractivity contribution is 6.30. The fraction of sp³-hybridized carbons (Fsp3) is 0.632. The van der Waals surface area contributed by atoms with Crippen LogP contribution in [-0.2, 0) is 16.1 Å². The summed E-state index contributed by atoms with van der Waals surface area (Å²) in [5, 5.41) is 0.772. The number of piperazine rings is 1. The van der Waals surface area contributed by atoms with Crippen molar-refractivity contribution in [3.05, 3.63) is 34.9 Å². The molecule has 0 saturated carbocycles. The summed E-state index contributed by atoms with van der Waals surface area (Å²) in [7, 11) is 0. The molecule has 2 fully saturated rings. The zero-order valence-corrected chi connectivity index (χ0v) is 15.7. The molecule has 3 rings (SSSR count). The normalized spacial score (nSPS) is 21.3. The molecule has 0 radical (unpaired) electrons. The number of nitrogens with zero attached hydrogens (tertiary/aromatic N) is 3. The second-order valence-electron chi connectivity index (χ2n) is 6.98. The molecule has 1 unspecified atom stereocenters. The molecule has 0 N–H and O–H groups in total. The summed E-state index contributed by atoms with van der Waals surface area (Å²) in [6, 6.07) is 8.31. The Labute approximate surface area is 155 Å². The van der Waals surface area contributed by atoms with Crippen molar-refractivity contribution in [1.82, 2.24) is 14.7 Å². The van der Waals surface area contributed by atoms with Gasteiger partial charge in [-0.15, -0.1) is 0 Å². The first-order valence-corrected chi connectivity index (χ1v) is 9.56. The molecule has 0 spiro atoms. The summed E-state index contributed by atoms with van der Waals surface area (Å²) in [6.45, 7) is 10.0. The van der Waals surface area contributed by atoms with Crippen molar-refractivity contribution >= 4 is 17.5 Å². The van der Waals surface area contributed by atoms with Crippen molar-refractivity contribution < 1.29 is 9.53 Å². The Morgan fingerprint density at radius 1 is 1.08 bits per heavy atom. The Morgan fingerprint density at radius 3 is 2.36 bits per heavy atom. The van der Waals surface area contributed by atoms with E-state index in [2.05, 4.69) is 28.9 Å². The average molecular weight is 366 g/mol. The van der Waals surface area contributed by atoms with Gasteiger partial charge in [-0.3, -0.25) is 14.6 Å². The SMILES string of the molecule is CC(CC(=O)N1CCN(Cc2ccc(Cl)cc2)CC1)N1CCOCC1. The summed E-state index contributed by atoms with van der Waals surface area (Å²) in [5.74, 6) is 0.283. The Hall–Kier alpha value is -1.14. The van der Waals surface area contributed by atoms with Gasteiger partial charge in [0.1, 0.15) is 0 Å². The predicted octanol–water partition coefficient (Wildman–Crippen LogP) is 2.09. The number of hydrogen-bond donors (Lipinski definition) is 0. The predicted molar refractivity (Wildman–Crippen MR) is 99.8 cm³/mol. The molecule has 5 nitrogen and oxygen atoms in total. The van der Waals surface area contributed by atoms with E-state index in [1.165, 1.54) is 5.56 Å². The number of amides is 1. The lowest BCUT2D eigenvalue weighted by molar-refractivity contribution is -0.134. The van der Waals surface area contributed by atoms with E-state index in [1.54, 1.807) is 0 Å². The van der Waals surface area contributed by atoms with Gasteiger partial charge in [0.15, 0.2) is 0 Å². The van der Waals surface area contributed by atoms with Gasteiger partial charge in [0.25, 0.3) is 0 Å². The number of benzene rings is 1. The lowest BCUT2D eigenvalue weighted by atomic mass is 10.1. The highest BCUT2D eigenvalue weighted by Gasteiger charge is 2.25. The molecule has 1 aromatic carbocycles. The monoisotopic (exact) mass is 365 g/mol. The van der Waals surface area contributed by atoms with E-state index in [-0.39, 0.29) is 5.91 Å². The number of halogens is 1. The molecule has 2 aliphatic heterocycles. The standard InChI is InChI=1S/C19H28ClN3O2/c1-16(22-10-12-25-13-11-22)14-19(24)23-8-6-21(7-9-23)15-17-2-4-18(20)5-3-17/h2-5,16H,6-15H2,1H3. The number of hydrogen-bond acceptors (Lipinski definition) is 4. The first kappa shape index (κ1) is 18.6. The van der Waals surface area contributed by atoms with Gasteiger partial charge in [0, 0.05) is 63.3 Å². The molecule has 138 valence electrons. The topological polar surface area (TPSA) is 36.0 Å². The second-order valence-corrected chi connectivity index (χ2v) is 7.42. The van der Waals surface area contributed by atoms with Crippen molar-refractivity contribution in [3.63, 3.8) is 0 Å². The lowest BCUT2D eigenvalue weighted by Gasteiger charge is -2.37. The zero-order chi connectivity index (χ0) is 17.6. The van der Waals surface area contributed by atoms with Crippen LogP contribution >= 0.6 is 11.6 Å². The number of carbonyl (C=O) groups excluding carboxylic acids is 1. The second kappa shape index (κ2) is 8.99. The van der Waals surface area contributed by atoms with Gasteiger partial charge in [-0.2, -0.15) is 0 Å². The van der Waals surface area contributed by atoms with Gasteiger partial charge in [0.05, 0.1) is 13.2 Å². The lowest BCUT2D eigenvalue weighted by Crippen LogP contribution is -2.50. The third kappa shape index (κ3) is 5.42. The van der Waals surface area contributed by atoms with Gasteiger partial charge in [-0.05, 0) is 24.6 Å². The van der Waals surface area contributed by atoms with Crippen LogP contribution in [0.3, 0.4) is 0 Å². The van der Waals surface area contributed by atoms with Crippen LogP contribution in [0, 0.1) is 0 Å². The Morgan fingerprint density at radius 2 is 1.72 bits per heavy atom. The minimum absolute atomic E-state index is 0.283. The number of ether oxygens (including phenoxy) is 1. The summed E-state index contributed by atoms with van der Waals surface area (Å²) in [5.41, 5.74) is 1.27. The van der Waals surface area contributed by atoms with Crippen LogP contribution < -0.4 is 0 Å². The van der Waals surface area contributed by atoms with Gasteiger partial charge in [-0.25, -0.2) is 0 Å². The molecule has 1 amide bonds. The van der Waals surface area contributed by atoms with Gasteiger partial charge in [-0.1, -0.05) is 23.7 Å². The number of morpholine rings is 1. The van der Waals surface area contributed by atoms with E-state index in [9.17, 15) is 4.79 Å². The maximum Gasteiger partial charge on any atom is 0.224 e. The van der Waals surface area contributed by atoms with Crippen LogP contribution in [0.15, 0.2) is 24.3 Å². The van der Waals surface area contributed by atoms with Crippen molar-refractivity contribution in [3.8, 4) is 0 Å². The highest BCUT2D eigenvalue weighted by atomic mass is 35.5. The van der Waals surface area contributed by atoms with E-state index >= 15 is 0 Å². The molecule has 2 saturated heterocycles. The Kier molecular flexibility index (Phi) is 6.70. The summed E-state index contributed by atoms with van der Waals surface area (Å²) >= 11 is 5.94. The van der Waals surface area contributed by atoms with E-state index < -0.39 is 0 Å². The fourth-order valence-electron chi connectivity index (χ4n) is 3.53. The van der Waals surface area contributed by atoms with Gasteiger partial charge >= 0.3 is 0 Å². The smallest absolute Gasteiger partial charge is 0.224 e. The molecule has 2 heterocycles. The minimum atomic E-state index is 0.283. The quantitative estimate of drug-likeness (QED) is 0.800. The van der Waals surface area contributed by atoms with Crippen LogP contribution in [-0.4, -0.2) is 79.1 Å². The molecular formula is C19H28ClN3O2. The fourth-order valence-corrected chi connectivity index (χ4v) is 3.66. The molecular weight excluding hydrogens is 338 g/mol. The van der Waals surface area contributed by atoms with Crippen LogP contribution in [0.25, 0.3) is 0 Å².